The van der Waals surface area contributed by atoms with Crippen LogP contribution in [0.2, 0.25) is 0 Å². The number of aryl methyl sites for hydroxylation is 1. The van der Waals surface area contributed by atoms with Gasteiger partial charge in [-0.15, -0.1) is 0 Å². The molecule has 0 atom stereocenters. The lowest BCUT2D eigenvalue weighted by Crippen LogP contribution is -2.43. The van der Waals surface area contributed by atoms with Gasteiger partial charge >= 0.3 is 5.97 Å². The zero-order valence-electron chi connectivity index (χ0n) is 12.9. The first-order chi connectivity index (χ1) is 10.8. The number of ether oxygens (including phenoxy) is 1. The van der Waals surface area contributed by atoms with Crippen LogP contribution in [0, 0.1) is 6.92 Å². The van der Waals surface area contributed by atoms with Gasteiger partial charge in [-0.1, -0.05) is 17.7 Å². The van der Waals surface area contributed by atoms with Gasteiger partial charge in [0.1, 0.15) is 0 Å². The van der Waals surface area contributed by atoms with Crippen LogP contribution in [0.1, 0.15) is 5.56 Å². The van der Waals surface area contributed by atoms with Gasteiger partial charge in [-0.3, -0.25) is 14.5 Å². The summed E-state index contributed by atoms with van der Waals surface area (Å²) in [4.78, 5) is 25.1. The van der Waals surface area contributed by atoms with Crippen molar-refractivity contribution in [2.45, 2.75) is 6.92 Å². The highest BCUT2D eigenvalue weighted by Gasteiger charge is 2.23. The number of nitrogens with one attached hydrogen (secondary N) is 1. The molecule has 0 radical (unpaired) electrons. The number of hydrogen-bond acceptors (Lipinski definition) is 6. The Hall–Kier alpha value is -1.93. The van der Waals surface area contributed by atoms with Crippen molar-refractivity contribution >= 4 is 27.4 Å². The molecule has 1 aliphatic rings. The molecular formula is C15H20N2O5S. The molecule has 0 spiro atoms. The van der Waals surface area contributed by atoms with E-state index in [2.05, 4.69) is 5.32 Å². The van der Waals surface area contributed by atoms with Gasteiger partial charge < -0.3 is 10.1 Å². The number of rotatable bonds is 5. The monoisotopic (exact) mass is 340 g/mol. The van der Waals surface area contributed by atoms with E-state index < -0.39 is 21.7 Å². The van der Waals surface area contributed by atoms with Gasteiger partial charge in [-0.05, 0) is 19.1 Å². The summed E-state index contributed by atoms with van der Waals surface area (Å²) in [6.07, 6.45) is 0. The normalized spacial score (nSPS) is 17.4. The van der Waals surface area contributed by atoms with Crippen LogP contribution in [0.4, 0.5) is 5.69 Å². The minimum atomic E-state index is -2.97. The lowest BCUT2D eigenvalue weighted by molar-refractivity contribution is -0.148. The molecular weight excluding hydrogens is 320 g/mol. The van der Waals surface area contributed by atoms with Crippen molar-refractivity contribution in [2.24, 2.45) is 0 Å². The van der Waals surface area contributed by atoms with E-state index in [1.807, 2.05) is 19.1 Å². The molecule has 1 heterocycles. The molecule has 0 aromatic heterocycles. The average molecular weight is 340 g/mol. The molecule has 1 aromatic carbocycles. The number of hydrogen-bond donors (Lipinski definition) is 1. The maximum absolute atomic E-state index is 11.7. The third-order valence-corrected chi connectivity index (χ3v) is 5.10. The minimum Gasteiger partial charge on any atom is -0.455 e. The summed E-state index contributed by atoms with van der Waals surface area (Å²) in [7, 11) is -2.97. The first-order valence-electron chi connectivity index (χ1n) is 7.29. The Kier molecular flexibility index (Phi) is 5.73. The summed E-state index contributed by atoms with van der Waals surface area (Å²) in [5.74, 6) is -0.852. The molecule has 1 fully saturated rings. The van der Waals surface area contributed by atoms with Crippen molar-refractivity contribution in [3.63, 3.8) is 0 Å². The fourth-order valence-corrected chi connectivity index (χ4v) is 3.39. The van der Waals surface area contributed by atoms with Crippen LogP contribution in [0.15, 0.2) is 24.3 Å². The van der Waals surface area contributed by atoms with Crippen molar-refractivity contribution in [3.8, 4) is 0 Å². The summed E-state index contributed by atoms with van der Waals surface area (Å²) >= 11 is 0. The van der Waals surface area contributed by atoms with Crippen LogP contribution in [0.3, 0.4) is 0 Å². The van der Waals surface area contributed by atoms with Crippen molar-refractivity contribution in [1.29, 1.82) is 0 Å². The summed E-state index contributed by atoms with van der Waals surface area (Å²) < 4.78 is 27.5. The molecule has 126 valence electrons. The van der Waals surface area contributed by atoms with E-state index in [0.717, 1.165) is 5.56 Å². The van der Waals surface area contributed by atoms with E-state index in [4.69, 9.17) is 4.74 Å². The van der Waals surface area contributed by atoms with Gasteiger partial charge in [0.05, 0.1) is 18.1 Å². The predicted molar refractivity (Wildman–Crippen MR) is 85.9 cm³/mol. The van der Waals surface area contributed by atoms with E-state index in [0.29, 0.717) is 18.8 Å². The van der Waals surface area contributed by atoms with Crippen molar-refractivity contribution in [1.82, 2.24) is 4.90 Å². The molecule has 0 aliphatic carbocycles. The Morgan fingerprint density at radius 3 is 2.39 bits per heavy atom. The lowest BCUT2D eigenvalue weighted by Gasteiger charge is -2.25. The first kappa shape index (κ1) is 17.4. The van der Waals surface area contributed by atoms with E-state index in [-0.39, 0.29) is 24.7 Å². The smallest absolute Gasteiger partial charge is 0.320 e. The van der Waals surface area contributed by atoms with Crippen molar-refractivity contribution < 1.29 is 22.7 Å². The van der Waals surface area contributed by atoms with Crippen LogP contribution < -0.4 is 5.32 Å². The standard InChI is InChI=1S/C15H20N2O5S/c1-12-2-4-13(5-3-12)16-14(18)11-22-15(19)10-17-6-8-23(20,21)9-7-17/h2-5H,6-11H2,1H3,(H,16,18). The van der Waals surface area contributed by atoms with Gasteiger partial charge in [-0.2, -0.15) is 0 Å². The zero-order valence-corrected chi connectivity index (χ0v) is 13.8. The number of sulfone groups is 1. The second-order valence-corrected chi connectivity index (χ2v) is 7.81. The van der Waals surface area contributed by atoms with E-state index >= 15 is 0 Å². The highest BCUT2D eigenvalue weighted by Crippen LogP contribution is 2.08. The minimum absolute atomic E-state index is 0.00662. The molecule has 0 saturated carbocycles. The quantitative estimate of drug-likeness (QED) is 0.770. The third-order valence-electron chi connectivity index (χ3n) is 3.49. The SMILES string of the molecule is Cc1ccc(NC(=O)COC(=O)CN2CCS(=O)(=O)CC2)cc1. The van der Waals surface area contributed by atoms with Gasteiger partial charge in [0, 0.05) is 18.8 Å². The molecule has 1 amide bonds. The van der Waals surface area contributed by atoms with Gasteiger partial charge in [0.15, 0.2) is 16.4 Å². The van der Waals surface area contributed by atoms with E-state index in [1.165, 1.54) is 0 Å². The lowest BCUT2D eigenvalue weighted by atomic mass is 10.2. The summed E-state index contributed by atoms with van der Waals surface area (Å²) in [6.45, 7) is 2.20. The van der Waals surface area contributed by atoms with Crippen molar-refractivity contribution in [3.05, 3.63) is 29.8 Å². The summed E-state index contributed by atoms with van der Waals surface area (Å²) in [5, 5.41) is 2.63. The molecule has 23 heavy (non-hydrogen) atoms. The highest BCUT2D eigenvalue weighted by atomic mass is 32.2. The second kappa shape index (κ2) is 7.56. The summed E-state index contributed by atoms with van der Waals surface area (Å²) in [6, 6.07) is 7.27. The number of esters is 1. The van der Waals surface area contributed by atoms with Gasteiger partial charge in [-0.25, -0.2) is 8.42 Å². The molecule has 8 heteroatoms. The number of nitrogens with zero attached hydrogens (tertiary/aromatic N) is 1. The third kappa shape index (κ3) is 5.99. The molecule has 1 aromatic rings. The Balaban J connectivity index is 1.69. The Labute approximate surface area is 135 Å². The topological polar surface area (TPSA) is 92.8 Å². The van der Waals surface area contributed by atoms with Crippen LogP contribution in [-0.4, -0.2) is 62.9 Å². The maximum Gasteiger partial charge on any atom is 0.320 e. The number of anilines is 1. The van der Waals surface area contributed by atoms with Crippen molar-refractivity contribution in [2.75, 3.05) is 43.1 Å². The van der Waals surface area contributed by atoms with Crippen LogP contribution in [0.5, 0.6) is 0 Å². The summed E-state index contributed by atoms with van der Waals surface area (Å²) in [5.41, 5.74) is 1.72. The molecule has 1 N–H and O–H groups in total. The second-order valence-electron chi connectivity index (χ2n) is 5.50. The fraction of sp³-hybridized carbons (Fsp3) is 0.467. The number of carbonyl (C=O) groups is 2. The van der Waals surface area contributed by atoms with Gasteiger partial charge in [0.2, 0.25) is 0 Å². The molecule has 1 aliphatic heterocycles. The van der Waals surface area contributed by atoms with Crippen LogP contribution in [0.25, 0.3) is 0 Å². The molecule has 1 saturated heterocycles. The van der Waals surface area contributed by atoms with Crippen LogP contribution in [-0.2, 0) is 24.2 Å². The molecule has 7 nitrogen and oxygen atoms in total. The number of amides is 1. The maximum atomic E-state index is 11.7. The average Bonchev–Trinajstić information content (AvgIpc) is 2.50. The fourth-order valence-electron chi connectivity index (χ4n) is 2.12. The molecule has 0 unspecified atom stereocenters. The largest absolute Gasteiger partial charge is 0.455 e. The first-order valence-corrected chi connectivity index (χ1v) is 9.11. The van der Waals surface area contributed by atoms with E-state index in [9.17, 15) is 18.0 Å². The van der Waals surface area contributed by atoms with E-state index in [1.54, 1.807) is 17.0 Å². The number of carbonyl (C=O) groups excluding carboxylic acids is 2. The molecule has 2 rings (SSSR count). The Morgan fingerprint density at radius 2 is 1.78 bits per heavy atom. The van der Waals surface area contributed by atoms with Crippen LogP contribution >= 0.6 is 0 Å². The predicted octanol–water partition coefficient (Wildman–Crippen LogP) is 0.207. The zero-order chi connectivity index (χ0) is 16.9. The molecule has 0 bridgehead atoms. The Morgan fingerprint density at radius 1 is 1.17 bits per heavy atom. The highest BCUT2D eigenvalue weighted by molar-refractivity contribution is 7.91. The number of benzene rings is 1. The Bertz CT molecular complexity index is 656. The van der Waals surface area contributed by atoms with Gasteiger partial charge in [0.25, 0.3) is 5.91 Å².